The molecule has 1 saturated carbocycles. The Morgan fingerprint density at radius 3 is 2.62 bits per heavy atom. The number of methoxy groups -OCH3 is 1. The highest BCUT2D eigenvalue weighted by Gasteiger charge is 2.30. The highest BCUT2D eigenvalue weighted by Crippen LogP contribution is 2.29. The summed E-state index contributed by atoms with van der Waals surface area (Å²) in [5, 5.41) is 1.15. The van der Waals surface area contributed by atoms with Gasteiger partial charge in [-0.15, -0.1) is 0 Å². The summed E-state index contributed by atoms with van der Waals surface area (Å²) in [6.45, 7) is 3.89. The summed E-state index contributed by atoms with van der Waals surface area (Å²) in [7, 11) is -2.44. The first-order chi connectivity index (χ1) is 15.2. The first-order valence-electron chi connectivity index (χ1n) is 10.1. The van der Waals surface area contributed by atoms with Crippen molar-refractivity contribution in [2.45, 2.75) is 44.2 Å². The number of carbonyl (C=O) groups excluding carboxylic acids is 1. The number of nitrogens with one attached hydrogen (secondary N) is 1. The summed E-state index contributed by atoms with van der Waals surface area (Å²) < 4.78 is 38.5. The number of ether oxygens (including phenoxy) is 2. The van der Waals surface area contributed by atoms with Crippen molar-refractivity contribution in [3.63, 3.8) is 0 Å². The Balaban J connectivity index is 1.56. The summed E-state index contributed by atoms with van der Waals surface area (Å²) in [5.41, 5.74) is 3.62. The molecule has 0 unspecified atom stereocenters. The Morgan fingerprint density at radius 1 is 1.19 bits per heavy atom. The van der Waals surface area contributed by atoms with Crippen molar-refractivity contribution in [1.29, 1.82) is 0 Å². The van der Waals surface area contributed by atoms with Gasteiger partial charge in [0.15, 0.2) is 0 Å². The summed E-state index contributed by atoms with van der Waals surface area (Å²) in [4.78, 5) is 17.0. The molecule has 0 amide bonds. The van der Waals surface area contributed by atoms with E-state index < -0.39 is 16.0 Å². The SMILES string of the molecule is COc1ccc(C(=O)OCc2cc3ccc(C)c(C)c3nc2Cl)cc1S(=O)(=O)NC1CC1. The van der Waals surface area contributed by atoms with Crippen molar-refractivity contribution in [2.24, 2.45) is 0 Å². The van der Waals surface area contributed by atoms with E-state index >= 15 is 0 Å². The van der Waals surface area contributed by atoms with Gasteiger partial charge in [0.25, 0.3) is 0 Å². The lowest BCUT2D eigenvalue weighted by Gasteiger charge is -2.13. The summed E-state index contributed by atoms with van der Waals surface area (Å²) in [6.07, 6.45) is 1.59. The highest BCUT2D eigenvalue weighted by molar-refractivity contribution is 7.89. The van der Waals surface area contributed by atoms with Crippen LogP contribution in [0.5, 0.6) is 5.75 Å². The van der Waals surface area contributed by atoms with Gasteiger partial charge < -0.3 is 9.47 Å². The standard InChI is InChI=1S/C23H23ClN2O5S/c1-13-4-5-15-10-17(22(24)25-21(15)14(13)2)12-31-23(27)16-6-9-19(30-3)20(11-16)32(28,29)26-18-7-8-18/h4-6,9-11,18,26H,7-8,12H2,1-3H3. The van der Waals surface area contributed by atoms with Crippen LogP contribution >= 0.6 is 11.6 Å². The molecule has 1 aliphatic carbocycles. The Bertz CT molecular complexity index is 1320. The molecule has 0 bridgehead atoms. The number of rotatable bonds is 7. The fraction of sp³-hybridized carbons (Fsp3) is 0.304. The monoisotopic (exact) mass is 474 g/mol. The Morgan fingerprint density at radius 2 is 1.94 bits per heavy atom. The lowest BCUT2D eigenvalue weighted by Crippen LogP contribution is -2.26. The molecule has 0 radical (unpaired) electrons. The lowest BCUT2D eigenvalue weighted by atomic mass is 10.0. The third-order valence-corrected chi connectivity index (χ3v) is 7.35. The minimum atomic E-state index is -3.82. The molecule has 0 atom stereocenters. The van der Waals surface area contributed by atoms with Crippen LogP contribution < -0.4 is 9.46 Å². The maximum atomic E-state index is 12.7. The van der Waals surface area contributed by atoms with Crippen LogP contribution in [0.3, 0.4) is 0 Å². The van der Waals surface area contributed by atoms with Crippen molar-refractivity contribution < 1.29 is 22.7 Å². The van der Waals surface area contributed by atoms with Crippen molar-refractivity contribution in [3.05, 3.63) is 63.8 Å². The van der Waals surface area contributed by atoms with E-state index in [2.05, 4.69) is 9.71 Å². The predicted molar refractivity (Wildman–Crippen MR) is 122 cm³/mol. The van der Waals surface area contributed by atoms with Gasteiger partial charge in [-0.1, -0.05) is 23.7 Å². The number of esters is 1. The molecule has 4 rings (SSSR count). The Hall–Kier alpha value is -2.68. The molecule has 2 aromatic carbocycles. The van der Waals surface area contributed by atoms with Crippen LogP contribution in [0.4, 0.5) is 0 Å². The smallest absolute Gasteiger partial charge is 0.338 e. The molecular formula is C23H23ClN2O5S. The van der Waals surface area contributed by atoms with E-state index in [1.165, 1.54) is 25.3 Å². The fourth-order valence-corrected chi connectivity index (χ4v) is 5.02. The van der Waals surface area contributed by atoms with Gasteiger partial charge in [0.1, 0.15) is 22.4 Å². The van der Waals surface area contributed by atoms with Crippen LogP contribution in [0.25, 0.3) is 10.9 Å². The number of hydrogen-bond donors (Lipinski definition) is 1. The molecule has 0 aliphatic heterocycles. The maximum Gasteiger partial charge on any atom is 0.338 e. The van der Waals surface area contributed by atoms with Gasteiger partial charge in [0.2, 0.25) is 10.0 Å². The largest absolute Gasteiger partial charge is 0.495 e. The molecule has 1 aromatic heterocycles. The quantitative estimate of drug-likeness (QED) is 0.405. The van der Waals surface area contributed by atoms with Crippen molar-refractivity contribution in [1.82, 2.24) is 9.71 Å². The summed E-state index contributed by atoms with van der Waals surface area (Å²) >= 11 is 6.33. The molecule has 1 N–H and O–H groups in total. The number of hydrogen-bond acceptors (Lipinski definition) is 6. The van der Waals surface area contributed by atoms with Gasteiger partial charge in [0.05, 0.1) is 18.2 Å². The first-order valence-corrected chi connectivity index (χ1v) is 12.0. The van der Waals surface area contributed by atoms with Crippen LogP contribution in [0.15, 0.2) is 41.3 Å². The normalized spacial score (nSPS) is 13.9. The molecular weight excluding hydrogens is 452 g/mol. The second-order valence-electron chi connectivity index (χ2n) is 7.85. The van der Waals surface area contributed by atoms with Gasteiger partial charge in [-0.05, 0) is 62.1 Å². The lowest BCUT2D eigenvalue weighted by molar-refractivity contribution is 0.0472. The number of benzene rings is 2. The molecule has 0 saturated heterocycles. The van der Waals surface area contributed by atoms with E-state index in [9.17, 15) is 13.2 Å². The van der Waals surface area contributed by atoms with Gasteiger partial charge in [-0.3, -0.25) is 0 Å². The zero-order valence-electron chi connectivity index (χ0n) is 17.9. The molecule has 168 valence electrons. The van der Waals surface area contributed by atoms with E-state index in [1.54, 1.807) is 0 Å². The van der Waals surface area contributed by atoms with Crippen LogP contribution in [0.2, 0.25) is 5.15 Å². The van der Waals surface area contributed by atoms with Gasteiger partial charge in [0, 0.05) is 17.0 Å². The first kappa shape index (κ1) is 22.5. The summed E-state index contributed by atoms with van der Waals surface area (Å²) in [6, 6.07) is 9.87. The average molecular weight is 475 g/mol. The third kappa shape index (κ3) is 4.57. The molecule has 9 heteroatoms. The van der Waals surface area contributed by atoms with Crippen LogP contribution in [-0.2, 0) is 21.4 Å². The molecule has 3 aromatic rings. The minimum Gasteiger partial charge on any atom is -0.495 e. The van der Waals surface area contributed by atoms with Gasteiger partial charge in [-0.25, -0.2) is 22.9 Å². The van der Waals surface area contributed by atoms with E-state index in [-0.39, 0.29) is 34.0 Å². The number of nitrogens with zero attached hydrogens (tertiary/aromatic N) is 1. The molecule has 0 spiro atoms. The molecule has 1 aliphatic rings. The zero-order valence-corrected chi connectivity index (χ0v) is 19.5. The van der Waals surface area contributed by atoms with E-state index in [1.807, 2.05) is 32.0 Å². The Kier molecular flexibility index (Phi) is 6.11. The second kappa shape index (κ2) is 8.69. The molecule has 32 heavy (non-hydrogen) atoms. The maximum absolute atomic E-state index is 12.7. The highest BCUT2D eigenvalue weighted by atomic mass is 35.5. The second-order valence-corrected chi connectivity index (χ2v) is 9.90. The van der Waals surface area contributed by atoms with Crippen molar-refractivity contribution in [2.75, 3.05) is 7.11 Å². The van der Waals surface area contributed by atoms with E-state index in [4.69, 9.17) is 21.1 Å². The summed E-state index contributed by atoms with van der Waals surface area (Å²) in [5.74, 6) is -0.520. The zero-order chi connectivity index (χ0) is 23.0. The molecule has 1 fully saturated rings. The number of pyridine rings is 1. The minimum absolute atomic E-state index is 0.0738. The number of carbonyl (C=O) groups is 1. The number of aromatic nitrogens is 1. The van der Waals surface area contributed by atoms with Crippen LogP contribution in [0.1, 0.15) is 39.9 Å². The van der Waals surface area contributed by atoms with Gasteiger partial charge >= 0.3 is 5.97 Å². The van der Waals surface area contributed by atoms with E-state index in [0.717, 1.165) is 34.9 Å². The number of aryl methyl sites for hydroxylation is 2. The topological polar surface area (TPSA) is 94.6 Å². The fourth-order valence-electron chi connectivity index (χ4n) is 3.33. The average Bonchev–Trinajstić information content (AvgIpc) is 3.58. The van der Waals surface area contributed by atoms with Crippen molar-refractivity contribution in [3.8, 4) is 5.75 Å². The Labute approximate surface area is 191 Å². The number of halogens is 1. The van der Waals surface area contributed by atoms with E-state index in [0.29, 0.717) is 5.56 Å². The number of fused-ring (bicyclic) bond motifs is 1. The van der Waals surface area contributed by atoms with Crippen LogP contribution in [0, 0.1) is 13.8 Å². The van der Waals surface area contributed by atoms with Gasteiger partial charge in [-0.2, -0.15) is 0 Å². The molecule has 7 nitrogen and oxygen atoms in total. The number of sulfonamides is 1. The third-order valence-electron chi connectivity index (χ3n) is 5.48. The van der Waals surface area contributed by atoms with Crippen LogP contribution in [-0.4, -0.2) is 32.5 Å². The van der Waals surface area contributed by atoms with Crippen molar-refractivity contribution >= 4 is 38.5 Å². The predicted octanol–water partition coefficient (Wildman–Crippen LogP) is 4.31. The molecule has 1 heterocycles.